The summed E-state index contributed by atoms with van der Waals surface area (Å²) in [5.41, 5.74) is 1.19. The highest BCUT2D eigenvalue weighted by Crippen LogP contribution is 2.31. The molecule has 2 N–H and O–H groups in total. The molecule has 140 valence electrons. The number of methoxy groups -OCH3 is 1. The van der Waals surface area contributed by atoms with E-state index in [4.69, 9.17) is 4.74 Å². The molecule has 0 spiro atoms. The average Bonchev–Trinajstić information content (AvgIpc) is 3.10. The molecule has 1 aromatic carbocycles. The van der Waals surface area contributed by atoms with E-state index in [-0.39, 0.29) is 4.75 Å². The predicted octanol–water partition coefficient (Wildman–Crippen LogP) is 2.83. The molecule has 0 saturated carbocycles. The Morgan fingerprint density at radius 2 is 2.12 bits per heavy atom. The summed E-state index contributed by atoms with van der Waals surface area (Å²) in [5, 5.41) is 6.91. The van der Waals surface area contributed by atoms with E-state index in [9.17, 15) is 0 Å². The molecule has 1 fully saturated rings. The van der Waals surface area contributed by atoms with Crippen molar-refractivity contribution in [3.63, 3.8) is 0 Å². The van der Waals surface area contributed by atoms with Crippen LogP contribution in [0.3, 0.4) is 0 Å². The quantitative estimate of drug-likeness (QED) is 0.575. The van der Waals surface area contributed by atoms with Crippen molar-refractivity contribution in [3.05, 3.63) is 24.3 Å². The molecular formula is C19H32N4OS. The smallest absolute Gasteiger partial charge is 0.191 e. The van der Waals surface area contributed by atoms with E-state index in [2.05, 4.69) is 52.8 Å². The lowest BCUT2D eigenvalue weighted by molar-refractivity contribution is 0.414. The Morgan fingerprint density at radius 1 is 1.36 bits per heavy atom. The van der Waals surface area contributed by atoms with Crippen molar-refractivity contribution >= 4 is 23.4 Å². The van der Waals surface area contributed by atoms with E-state index < -0.39 is 0 Å². The van der Waals surface area contributed by atoms with Gasteiger partial charge in [-0.15, -0.1) is 0 Å². The van der Waals surface area contributed by atoms with Crippen molar-refractivity contribution < 1.29 is 4.74 Å². The standard InChI is InChI=1S/C19H32N4OS/c1-19(2,25-5)14-22-18(20-3)21-12-15-10-11-23(13-15)16-8-6-7-9-17(16)24-4/h6-9,15H,10-14H2,1-5H3,(H2,20,21,22). The molecule has 1 aliphatic heterocycles. The van der Waals surface area contributed by atoms with Gasteiger partial charge in [0.15, 0.2) is 5.96 Å². The van der Waals surface area contributed by atoms with Crippen LogP contribution in [0.4, 0.5) is 5.69 Å². The number of benzene rings is 1. The van der Waals surface area contributed by atoms with Crippen LogP contribution in [0.25, 0.3) is 0 Å². The van der Waals surface area contributed by atoms with Gasteiger partial charge in [0.05, 0.1) is 12.8 Å². The Balaban J connectivity index is 1.82. The molecule has 2 rings (SSSR count). The fourth-order valence-electron chi connectivity index (χ4n) is 2.94. The number of ether oxygens (including phenoxy) is 1. The predicted molar refractivity (Wildman–Crippen MR) is 110 cm³/mol. The highest BCUT2D eigenvalue weighted by atomic mass is 32.2. The maximum Gasteiger partial charge on any atom is 0.191 e. The minimum absolute atomic E-state index is 0.200. The third-order valence-electron chi connectivity index (χ3n) is 4.73. The Labute approximate surface area is 156 Å². The number of hydrogen-bond donors (Lipinski definition) is 2. The fraction of sp³-hybridized carbons (Fsp3) is 0.632. The van der Waals surface area contributed by atoms with E-state index in [0.717, 1.165) is 37.9 Å². The lowest BCUT2D eigenvalue weighted by atomic mass is 10.1. The van der Waals surface area contributed by atoms with Gasteiger partial charge in [0.2, 0.25) is 0 Å². The SMILES string of the molecule is CN=C(NCC1CCN(c2ccccc2OC)C1)NCC(C)(C)SC. The lowest BCUT2D eigenvalue weighted by Gasteiger charge is -2.24. The first kappa shape index (κ1) is 19.8. The minimum atomic E-state index is 0.200. The third kappa shape index (κ3) is 5.73. The third-order valence-corrected chi connectivity index (χ3v) is 5.98. The summed E-state index contributed by atoms with van der Waals surface area (Å²) >= 11 is 1.86. The minimum Gasteiger partial charge on any atom is -0.495 e. The number of nitrogens with zero attached hydrogens (tertiary/aromatic N) is 2. The number of anilines is 1. The lowest BCUT2D eigenvalue weighted by Crippen LogP contribution is -2.44. The van der Waals surface area contributed by atoms with Gasteiger partial charge in [-0.3, -0.25) is 4.99 Å². The van der Waals surface area contributed by atoms with Crippen LogP contribution < -0.4 is 20.3 Å². The van der Waals surface area contributed by atoms with Gasteiger partial charge in [0.1, 0.15) is 5.75 Å². The second-order valence-electron chi connectivity index (χ2n) is 7.04. The van der Waals surface area contributed by atoms with Gasteiger partial charge in [0.25, 0.3) is 0 Å². The zero-order valence-electron chi connectivity index (χ0n) is 16.1. The maximum atomic E-state index is 5.49. The molecule has 1 saturated heterocycles. The molecule has 0 aliphatic carbocycles. The van der Waals surface area contributed by atoms with E-state index in [1.165, 1.54) is 12.1 Å². The summed E-state index contributed by atoms with van der Waals surface area (Å²) < 4.78 is 5.69. The first-order chi connectivity index (χ1) is 12.0. The summed E-state index contributed by atoms with van der Waals surface area (Å²) in [5.74, 6) is 2.45. The van der Waals surface area contributed by atoms with Crippen LogP contribution in [0, 0.1) is 5.92 Å². The molecule has 1 aromatic rings. The molecule has 0 amide bonds. The van der Waals surface area contributed by atoms with Crippen LogP contribution in [0.15, 0.2) is 29.3 Å². The summed E-state index contributed by atoms with van der Waals surface area (Å²) in [6, 6.07) is 8.26. The van der Waals surface area contributed by atoms with Crippen molar-refractivity contribution in [3.8, 4) is 5.75 Å². The van der Waals surface area contributed by atoms with Crippen molar-refractivity contribution in [1.82, 2.24) is 10.6 Å². The van der Waals surface area contributed by atoms with Crippen LogP contribution in [0.1, 0.15) is 20.3 Å². The number of nitrogens with one attached hydrogen (secondary N) is 2. The second-order valence-corrected chi connectivity index (χ2v) is 8.56. The zero-order chi connectivity index (χ0) is 18.3. The normalized spacial score (nSPS) is 18.4. The van der Waals surface area contributed by atoms with Crippen LogP contribution >= 0.6 is 11.8 Å². The fourth-order valence-corrected chi connectivity index (χ4v) is 3.16. The number of hydrogen-bond acceptors (Lipinski definition) is 4. The summed E-state index contributed by atoms with van der Waals surface area (Å²) in [7, 11) is 3.57. The number of para-hydroxylation sites is 2. The van der Waals surface area contributed by atoms with Gasteiger partial charge in [-0.25, -0.2) is 0 Å². The van der Waals surface area contributed by atoms with E-state index >= 15 is 0 Å². The van der Waals surface area contributed by atoms with E-state index in [1.54, 1.807) is 7.11 Å². The molecule has 1 aliphatic rings. The Morgan fingerprint density at radius 3 is 2.80 bits per heavy atom. The molecule has 1 atom stereocenters. The van der Waals surface area contributed by atoms with E-state index in [0.29, 0.717) is 5.92 Å². The Bertz CT molecular complexity index is 576. The second kappa shape index (κ2) is 9.22. The van der Waals surface area contributed by atoms with Crippen LogP contribution in [0.2, 0.25) is 0 Å². The summed E-state index contributed by atoms with van der Waals surface area (Å²) in [6.45, 7) is 8.41. The molecule has 6 heteroatoms. The van der Waals surface area contributed by atoms with Gasteiger partial charge < -0.3 is 20.3 Å². The molecule has 25 heavy (non-hydrogen) atoms. The van der Waals surface area contributed by atoms with Gasteiger partial charge in [0, 0.05) is 38.0 Å². The molecular weight excluding hydrogens is 332 g/mol. The summed E-state index contributed by atoms with van der Waals surface area (Å²) in [4.78, 5) is 6.76. The van der Waals surface area contributed by atoms with Gasteiger partial charge in [-0.05, 0) is 44.6 Å². The zero-order valence-corrected chi connectivity index (χ0v) is 16.9. The van der Waals surface area contributed by atoms with Crippen LogP contribution in [-0.2, 0) is 0 Å². The Hall–Kier alpha value is -1.56. The van der Waals surface area contributed by atoms with Crippen molar-refractivity contribution in [1.29, 1.82) is 0 Å². The molecule has 1 unspecified atom stereocenters. The largest absolute Gasteiger partial charge is 0.495 e. The number of guanidine groups is 1. The van der Waals surface area contributed by atoms with Gasteiger partial charge in [-0.1, -0.05) is 12.1 Å². The topological polar surface area (TPSA) is 48.9 Å². The van der Waals surface area contributed by atoms with Crippen molar-refractivity contribution in [2.45, 2.75) is 25.0 Å². The van der Waals surface area contributed by atoms with E-state index in [1.807, 2.05) is 30.9 Å². The molecule has 1 heterocycles. The monoisotopic (exact) mass is 364 g/mol. The highest BCUT2D eigenvalue weighted by Gasteiger charge is 2.25. The highest BCUT2D eigenvalue weighted by molar-refractivity contribution is 7.99. The average molecular weight is 365 g/mol. The van der Waals surface area contributed by atoms with Crippen LogP contribution in [-0.4, -0.2) is 57.3 Å². The number of aliphatic imine (C=N–C) groups is 1. The van der Waals surface area contributed by atoms with Crippen molar-refractivity contribution in [2.24, 2.45) is 10.9 Å². The molecule has 0 aromatic heterocycles. The van der Waals surface area contributed by atoms with Crippen molar-refractivity contribution in [2.75, 3.05) is 51.5 Å². The molecule has 0 bridgehead atoms. The van der Waals surface area contributed by atoms with Gasteiger partial charge in [-0.2, -0.15) is 11.8 Å². The molecule has 0 radical (unpaired) electrons. The first-order valence-electron chi connectivity index (χ1n) is 8.86. The number of rotatable bonds is 7. The molecule has 5 nitrogen and oxygen atoms in total. The van der Waals surface area contributed by atoms with Gasteiger partial charge >= 0.3 is 0 Å². The van der Waals surface area contributed by atoms with Crippen LogP contribution in [0.5, 0.6) is 5.75 Å². The first-order valence-corrected chi connectivity index (χ1v) is 10.1. The number of thioether (sulfide) groups is 1. The maximum absolute atomic E-state index is 5.49. The summed E-state index contributed by atoms with van der Waals surface area (Å²) in [6.07, 6.45) is 3.32. The Kier molecular flexibility index (Phi) is 7.29.